The molecule has 0 heterocycles. The third-order valence-corrected chi connectivity index (χ3v) is 3.22. The van der Waals surface area contributed by atoms with E-state index in [1.165, 1.54) is 7.11 Å². The fourth-order valence-electron chi connectivity index (χ4n) is 2.30. The zero-order valence-corrected chi connectivity index (χ0v) is 11.0. The number of nitrogens with one attached hydrogen (secondary N) is 1. The van der Waals surface area contributed by atoms with Crippen molar-refractivity contribution in [3.8, 4) is 0 Å². The summed E-state index contributed by atoms with van der Waals surface area (Å²) in [6.07, 6.45) is 3.97. The van der Waals surface area contributed by atoms with Crippen LogP contribution in [0.15, 0.2) is 0 Å². The van der Waals surface area contributed by atoms with Crippen LogP contribution in [-0.2, 0) is 14.3 Å². The zero-order valence-electron chi connectivity index (χ0n) is 11.0. The second-order valence-corrected chi connectivity index (χ2v) is 5.24. The summed E-state index contributed by atoms with van der Waals surface area (Å²) in [7, 11) is 1.43. The molecule has 98 valence electrons. The molecule has 1 N–H and O–H groups in total. The van der Waals surface area contributed by atoms with Crippen molar-refractivity contribution in [3.05, 3.63) is 0 Å². The molecule has 1 saturated carbocycles. The summed E-state index contributed by atoms with van der Waals surface area (Å²) in [5, 5.41) is 3.04. The molecule has 0 aromatic rings. The topological polar surface area (TPSA) is 55.4 Å². The van der Waals surface area contributed by atoms with E-state index in [0.717, 1.165) is 25.7 Å². The molecule has 0 unspecified atom stereocenters. The average Bonchev–Trinajstić information content (AvgIpc) is 2.28. The van der Waals surface area contributed by atoms with Gasteiger partial charge < -0.3 is 10.1 Å². The molecular weight excluding hydrogens is 218 g/mol. The third kappa shape index (κ3) is 4.75. The number of ether oxygens (including phenoxy) is 1. The van der Waals surface area contributed by atoms with E-state index >= 15 is 0 Å². The number of hydrogen-bond acceptors (Lipinski definition) is 3. The Balaban J connectivity index is 2.27. The Bertz CT molecular complexity index is 268. The molecule has 0 saturated heterocycles. The van der Waals surface area contributed by atoms with E-state index < -0.39 is 0 Å². The van der Waals surface area contributed by atoms with Gasteiger partial charge in [-0.2, -0.15) is 0 Å². The lowest BCUT2D eigenvalue weighted by molar-refractivity contribution is -0.146. The number of methoxy groups -OCH3 is 1. The van der Waals surface area contributed by atoms with Crippen LogP contribution in [-0.4, -0.2) is 25.0 Å². The lowest BCUT2D eigenvalue weighted by Gasteiger charge is -2.27. The van der Waals surface area contributed by atoms with Crippen LogP contribution in [0.3, 0.4) is 0 Å². The maximum absolute atomic E-state index is 11.6. The number of carbonyl (C=O) groups excluding carboxylic acids is 2. The molecule has 1 aliphatic carbocycles. The summed E-state index contributed by atoms with van der Waals surface area (Å²) in [5.41, 5.74) is 0. The van der Waals surface area contributed by atoms with Crippen molar-refractivity contribution in [1.82, 2.24) is 5.32 Å². The van der Waals surface area contributed by atoms with Gasteiger partial charge in [-0.05, 0) is 31.6 Å². The molecule has 0 radical (unpaired) electrons. The first-order chi connectivity index (χ1) is 8.02. The van der Waals surface area contributed by atoms with Crippen molar-refractivity contribution < 1.29 is 14.3 Å². The molecule has 4 nitrogen and oxygen atoms in total. The van der Waals surface area contributed by atoms with Gasteiger partial charge in [0.25, 0.3) is 0 Å². The fraction of sp³-hybridized carbons (Fsp3) is 0.846. The summed E-state index contributed by atoms with van der Waals surface area (Å²) < 4.78 is 4.73. The van der Waals surface area contributed by atoms with Crippen molar-refractivity contribution in [2.45, 2.75) is 52.0 Å². The van der Waals surface area contributed by atoms with Gasteiger partial charge in [-0.15, -0.1) is 0 Å². The molecule has 1 fully saturated rings. The van der Waals surface area contributed by atoms with Crippen LogP contribution in [0.25, 0.3) is 0 Å². The minimum atomic E-state index is -0.114. The molecule has 17 heavy (non-hydrogen) atoms. The van der Waals surface area contributed by atoms with Gasteiger partial charge in [0.1, 0.15) is 0 Å². The SMILES string of the molecule is COC(=O)C1CCC(NC(=O)CC(C)C)CC1. The first kappa shape index (κ1) is 14.0. The Morgan fingerprint density at radius 1 is 1.24 bits per heavy atom. The average molecular weight is 241 g/mol. The second-order valence-electron chi connectivity index (χ2n) is 5.24. The van der Waals surface area contributed by atoms with Crippen molar-refractivity contribution in [2.24, 2.45) is 11.8 Å². The monoisotopic (exact) mass is 241 g/mol. The van der Waals surface area contributed by atoms with Crippen molar-refractivity contribution in [1.29, 1.82) is 0 Å². The molecule has 0 bridgehead atoms. The Morgan fingerprint density at radius 3 is 2.29 bits per heavy atom. The smallest absolute Gasteiger partial charge is 0.308 e. The molecule has 4 heteroatoms. The highest BCUT2D eigenvalue weighted by molar-refractivity contribution is 5.76. The largest absolute Gasteiger partial charge is 0.469 e. The second kappa shape index (κ2) is 6.62. The van der Waals surface area contributed by atoms with E-state index in [4.69, 9.17) is 4.74 Å². The summed E-state index contributed by atoms with van der Waals surface area (Å²) >= 11 is 0. The molecule has 0 aromatic carbocycles. The lowest BCUT2D eigenvalue weighted by atomic mass is 9.86. The van der Waals surface area contributed by atoms with Crippen molar-refractivity contribution in [3.63, 3.8) is 0 Å². The van der Waals surface area contributed by atoms with Crippen LogP contribution in [0.1, 0.15) is 46.0 Å². The van der Waals surface area contributed by atoms with Gasteiger partial charge in [0.2, 0.25) is 5.91 Å². The van der Waals surface area contributed by atoms with Gasteiger partial charge in [-0.25, -0.2) is 0 Å². The number of hydrogen-bond donors (Lipinski definition) is 1. The van der Waals surface area contributed by atoms with Crippen LogP contribution >= 0.6 is 0 Å². The highest BCUT2D eigenvalue weighted by atomic mass is 16.5. The van der Waals surface area contributed by atoms with Crippen molar-refractivity contribution in [2.75, 3.05) is 7.11 Å². The molecule has 0 spiro atoms. The van der Waals surface area contributed by atoms with Crippen LogP contribution < -0.4 is 5.32 Å². The highest BCUT2D eigenvalue weighted by Crippen LogP contribution is 2.25. The van der Waals surface area contributed by atoms with E-state index in [-0.39, 0.29) is 23.8 Å². The van der Waals surface area contributed by atoms with E-state index in [9.17, 15) is 9.59 Å². The third-order valence-electron chi connectivity index (χ3n) is 3.22. The summed E-state index contributed by atoms with van der Waals surface area (Å²) in [5.74, 6) is 0.429. The Labute approximate surface area is 103 Å². The zero-order chi connectivity index (χ0) is 12.8. The van der Waals surface area contributed by atoms with Gasteiger partial charge in [-0.3, -0.25) is 9.59 Å². The number of rotatable bonds is 4. The number of amides is 1. The maximum Gasteiger partial charge on any atom is 0.308 e. The summed E-state index contributed by atoms with van der Waals surface area (Å²) in [6.45, 7) is 4.07. The Hall–Kier alpha value is -1.06. The van der Waals surface area contributed by atoms with Crippen LogP contribution in [0.5, 0.6) is 0 Å². The summed E-state index contributed by atoms with van der Waals surface area (Å²) in [4.78, 5) is 22.9. The van der Waals surface area contributed by atoms with Crippen molar-refractivity contribution >= 4 is 11.9 Å². The van der Waals surface area contributed by atoms with Gasteiger partial charge in [0.05, 0.1) is 13.0 Å². The molecule has 0 aliphatic heterocycles. The van der Waals surface area contributed by atoms with E-state index in [0.29, 0.717) is 12.3 Å². The molecule has 0 atom stereocenters. The van der Waals surface area contributed by atoms with Gasteiger partial charge in [0, 0.05) is 12.5 Å². The van der Waals surface area contributed by atoms with E-state index in [1.807, 2.05) is 13.8 Å². The molecule has 0 aromatic heterocycles. The Kier molecular flexibility index (Phi) is 5.45. The molecule has 1 aliphatic rings. The first-order valence-electron chi connectivity index (χ1n) is 6.40. The first-order valence-corrected chi connectivity index (χ1v) is 6.40. The lowest BCUT2D eigenvalue weighted by Crippen LogP contribution is -2.39. The Morgan fingerprint density at radius 2 is 1.82 bits per heavy atom. The normalized spacial score (nSPS) is 24.5. The number of esters is 1. The molecular formula is C13H23NO3. The standard InChI is InChI=1S/C13H23NO3/c1-9(2)8-12(15)14-11-6-4-10(5-7-11)13(16)17-3/h9-11H,4-8H2,1-3H3,(H,14,15). The maximum atomic E-state index is 11.6. The predicted molar refractivity (Wildman–Crippen MR) is 65.4 cm³/mol. The molecule has 1 rings (SSSR count). The fourth-order valence-corrected chi connectivity index (χ4v) is 2.30. The quantitative estimate of drug-likeness (QED) is 0.765. The van der Waals surface area contributed by atoms with Gasteiger partial charge in [-0.1, -0.05) is 13.8 Å². The summed E-state index contributed by atoms with van der Waals surface area (Å²) in [6, 6.07) is 0.238. The minimum Gasteiger partial charge on any atom is -0.469 e. The van der Waals surface area contributed by atoms with Gasteiger partial charge >= 0.3 is 5.97 Å². The van der Waals surface area contributed by atoms with Crippen LogP contribution in [0, 0.1) is 11.8 Å². The van der Waals surface area contributed by atoms with Crippen LogP contribution in [0.4, 0.5) is 0 Å². The number of carbonyl (C=O) groups is 2. The highest BCUT2D eigenvalue weighted by Gasteiger charge is 2.27. The molecule has 1 amide bonds. The van der Waals surface area contributed by atoms with E-state index in [1.54, 1.807) is 0 Å². The van der Waals surface area contributed by atoms with E-state index in [2.05, 4.69) is 5.32 Å². The van der Waals surface area contributed by atoms with Gasteiger partial charge in [0.15, 0.2) is 0 Å². The minimum absolute atomic E-state index is 0.0262. The predicted octanol–water partition coefficient (Wildman–Crippen LogP) is 1.88. The van der Waals surface area contributed by atoms with Crippen LogP contribution in [0.2, 0.25) is 0 Å².